The van der Waals surface area contributed by atoms with Gasteiger partial charge in [0.2, 0.25) is 5.16 Å². The molecule has 7 nitrogen and oxygen atoms in total. The van der Waals surface area contributed by atoms with Crippen LogP contribution in [0.5, 0.6) is 0 Å². The number of hydrogen-bond donors (Lipinski definition) is 1. The number of nitro groups is 1. The summed E-state index contributed by atoms with van der Waals surface area (Å²) >= 11 is 7.26. The summed E-state index contributed by atoms with van der Waals surface area (Å²) in [5.41, 5.74) is -0.297. The highest BCUT2D eigenvalue weighted by atomic mass is 35.5. The summed E-state index contributed by atoms with van der Waals surface area (Å²) in [6.45, 7) is 5.94. The predicted molar refractivity (Wildman–Crippen MR) is 81.1 cm³/mol. The van der Waals surface area contributed by atoms with Crippen molar-refractivity contribution < 1.29 is 4.92 Å². The van der Waals surface area contributed by atoms with Gasteiger partial charge in [0.25, 0.3) is 5.69 Å². The minimum Gasteiger partial charge on any atom is -0.336 e. The lowest BCUT2D eigenvalue weighted by Gasteiger charge is -2.16. The molecule has 112 valence electrons. The van der Waals surface area contributed by atoms with Crippen LogP contribution < -0.4 is 5.84 Å². The summed E-state index contributed by atoms with van der Waals surface area (Å²) < 4.78 is 1.41. The van der Waals surface area contributed by atoms with E-state index in [1.165, 1.54) is 28.6 Å². The van der Waals surface area contributed by atoms with Gasteiger partial charge in [-0.05, 0) is 17.8 Å². The first-order chi connectivity index (χ1) is 9.70. The first-order valence-electron chi connectivity index (χ1n) is 6.03. The second-order valence-electron chi connectivity index (χ2n) is 5.40. The lowest BCUT2D eigenvalue weighted by atomic mass is 9.96. The number of aromatic nitrogens is 3. The second kappa shape index (κ2) is 5.53. The molecule has 0 bridgehead atoms. The third-order valence-corrected chi connectivity index (χ3v) is 4.12. The maximum atomic E-state index is 10.7. The van der Waals surface area contributed by atoms with Crippen molar-refractivity contribution >= 4 is 29.1 Å². The van der Waals surface area contributed by atoms with Crippen LogP contribution >= 0.6 is 23.4 Å². The number of rotatable bonds is 3. The monoisotopic (exact) mass is 327 g/mol. The molecule has 0 saturated heterocycles. The van der Waals surface area contributed by atoms with Gasteiger partial charge in [-0.3, -0.25) is 10.1 Å². The largest absolute Gasteiger partial charge is 0.336 e. The van der Waals surface area contributed by atoms with Crippen LogP contribution in [0.15, 0.2) is 28.3 Å². The van der Waals surface area contributed by atoms with Crippen LogP contribution in [0.2, 0.25) is 5.02 Å². The van der Waals surface area contributed by atoms with E-state index in [9.17, 15) is 10.1 Å². The molecule has 0 aliphatic heterocycles. The second-order valence-corrected chi connectivity index (χ2v) is 6.82. The van der Waals surface area contributed by atoms with Crippen molar-refractivity contribution in [3.8, 4) is 0 Å². The molecule has 0 atom stereocenters. The minimum atomic E-state index is -0.497. The normalized spacial score (nSPS) is 11.6. The highest BCUT2D eigenvalue weighted by Crippen LogP contribution is 2.35. The quantitative estimate of drug-likeness (QED) is 0.528. The predicted octanol–water partition coefficient (Wildman–Crippen LogP) is 3.00. The SMILES string of the molecule is CC(C)(C)c1nnc(Sc2ccc([N+](=O)[O-])cc2Cl)n1N. The first kappa shape index (κ1) is 15.6. The van der Waals surface area contributed by atoms with E-state index >= 15 is 0 Å². The zero-order valence-corrected chi connectivity index (χ0v) is 13.3. The van der Waals surface area contributed by atoms with Crippen molar-refractivity contribution in [2.45, 2.75) is 36.2 Å². The van der Waals surface area contributed by atoms with E-state index in [1.807, 2.05) is 20.8 Å². The molecule has 2 aromatic rings. The lowest BCUT2D eigenvalue weighted by molar-refractivity contribution is -0.384. The van der Waals surface area contributed by atoms with Gasteiger partial charge < -0.3 is 5.84 Å². The summed E-state index contributed by atoms with van der Waals surface area (Å²) in [6.07, 6.45) is 0. The van der Waals surface area contributed by atoms with Crippen LogP contribution in [0.1, 0.15) is 26.6 Å². The van der Waals surface area contributed by atoms with Crippen molar-refractivity contribution in [1.82, 2.24) is 14.9 Å². The molecule has 0 radical (unpaired) electrons. The summed E-state index contributed by atoms with van der Waals surface area (Å²) in [6, 6.07) is 4.25. The third-order valence-electron chi connectivity index (χ3n) is 2.66. The van der Waals surface area contributed by atoms with Gasteiger partial charge in [-0.2, -0.15) is 0 Å². The summed E-state index contributed by atoms with van der Waals surface area (Å²) in [5, 5.41) is 19.5. The molecule has 1 aromatic heterocycles. The van der Waals surface area contributed by atoms with E-state index < -0.39 is 4.92 Å². The smallest absolute Gasteiger partial charge is 0.270 e. The van der Waals surface area contributed by atoms with E-state index in [0.717, 1.165) is 0 Å². The van der Waals surface area contributed by atoms with Gasteiger partial charge in [0, 0.05) is 22.4 Å². The zero-order valence-electron chi connectivity index (χ0n) is 11.7. The minimum absolute atomic E-state index is 0.0612. The van der Waals surface area contributed by atoms with Gasteiger partial charge in [-0.25, -0.2) is 4.68 Å². The molecular weight excluding hydrogens is 314 g/mol. The molecular formula is C12H14ClN5O2S. The molecule has 0 amide bonds. The van der Waals surface area contributed by atoms with Gasteiger partial charge in [0.15, 0.2) is 5.82 Å². The van der Waals surface area contributed by atoms with Gasteiger partial charge in [-0.1, -0.05) is 32.4 Å². The van der Waals surface area contributed by atoms with Crippen molar-refractivity contribution in [2.75, 3.05) is 5.84 Å². The number of benzene rings is 1. The average Bonchev–Trinajstić information content (AvgIpc) is 2.73. The molecule has 0 saturated carbocycles. The highest BCUT2D eigenvalue weighted by molar-refractivity contribution is 7.99. The van der Waals surface area contributed by atoms with Crippen LogP contribution in [0.3, 0.4) is 0 Å². The number of non-ortho nitro benzene ring substituents is 1. The van der Waals surface area contributed by atoms with Crippen LogP contribution in [-0.4, -0.2) is 19.8 Å². The molecule has 0 unspecified atom stereocenters. The molecule has 2 rings (SSSR count). The topological polar surface area (TPSA) is 99.9 Å². The van der Waals surface area contributed by atoms with Crippen LogP contribution in [0.4, 0.5) is 5.69 Å². The van der Waals surface area contributed by atoms with E-state index in [1.54, 1.807) is 6.07 Å². The third kappa shape index (κ3) is 3.27. The van der Waals surface area contributed by atoms with Crippen molar-refractivity contribution in [1.29, 1.82) is 0 Å². The zero-order chi connectivity index (χ0) is 15.8. The van der Waals surface area contributed by atoms with E-state index in [-0.39, 0.29) is 16.1 Å². The molecule has 21 heavy (non-hydrogen) atoms. The van der Waals surface area contributed by atoms with Gasteiger partial charge in [-0.15, -0.1) is 10.2 Å². The Hall–Kier alpha value is -1.80. The number of nitro benzene ring substituents is 1. The first-order valence-corrected chi connectivity index (χ1v) is 7.22. The Balaban J connectivity index is 2.31. The Morgan fingerprint density at radius 3 is 2.52 bits per heavy atom. The van der Waals surface area contributed by atoms with Crippen LogP contribution in [0.25, 0.3) is 0 Å². The van der Waals surface area contributed by atoms with Crippen LogP contribution in [0, 0.1) is 10.1 Å². The molecule has 1 heterocycles. The summed E-state index contributed by atoms with van der Waals surface area (Å²) in [5.74, 6) is 6.63. The Morgan fingerprint density at radius 2 is 2.05 bits per heavy atom. The van der Waals surface area contributed by atoms with E-state index in [4.69, 9.17) is 17.4 Å². The number of nitrogens with zero attached hydrogens (tertiary/aromatic N) is 4. The highest BCUT2D eigenvalue weighted by Gasteiger charge is 2.23. The summed E-state index contributed by atoms with van der Waals surface area (Å²) in [7, 11) is 0. The number of nitrogen functional groups attached to an aromatic ring is 1. The fourth-order valence-electron chi connectivity index (χ4n) is 1.64. The number of halogens is 1. The van der Waals surface area contributed by atoms with E-state index in [2.05, 4.69) is 10.2 Å². The summed E-state index contributed by atoms with van der Waals surface area (Å²) in [4.78, 5) is 10.8. The van der Waals surface area contributed by atoms with Crippen molar-refractivity contribution in [3.63, 3.8) is 0 Å². The maximum Gasteiger partial charge on any atom is 0.270 e. The molecule has 2 N–H and O–H groups in total. The van der Waals surface area contributed by atoms with E-state index in [0.29, 0.717) is 15.9 Å². The fourth-order valence-corrected chi connectivity index (χ4v) is 2.69. The van der Waals surface area contributed by atoms with Crippen molar-refractivity contribution in [3.05, 3.63) is 39.2 Å². The molecule has 0 aliphatic carbocycles. The van der Waals surface area contributed by atoms with Gasteiger partial charge >= 0.3 is 0 Å². The van der Waals surface area contributed by atoms with Crippen molar-refractivity contribution in [2.24, 2.45) is 0 Å². The van der Waals surface area contributed by atoms with Gasteiger partial charge in [0.05, 0.1) is 9.95 Å². The Kier molecular flexibility index (Phi) is 4.11. The maximum absolute atomic E-state index is 10.7. The molecule has 1 aromatic carbocycles. The molecule has 0 aliphatic rings. The Bertz CT molecular complexity index is 695. The van der Waals surface area contributed by atoms with Crippen LogP contribution in [-0.2, 0) is 5.41 Å². The Morgan fingerprint density at radius 1 is 1.38 bits per heavy atom. The fraction of sp³-hybridized carbons (Fsp3) is 0.333. The number of nitrogens with two attached hydrogens (primary N) is 1. The average molecular weight is 328 g/mol. The lowest BCUT2D eigenvalue weighted by Crippen LogP contribution is -2.24. The van der Waals surface area contributed by atoms with Gasteiger partial charge in [0.1, 0.15) is 0 Å². The standard InChI is InChI=1S/C12H14ClN5O2S/c1-12(2,3)10-15-16-11(17(10)14)21-9-5-4-7(18(19)20)6-8(9)13/h4-6H,14H2,1-3H3. The molecule has 0 spiro atoms. The Labute approximate surface area is 130 Å². The molecule has 9 heteroatoms. The number of hydrogen-bond acceptors (Lipinski definition) is 6. The molecule has 0 fully saturated rings.